The average molecular weight is 246 g/mol. The highest BCUT2D eigenvalue weighted by molar-refractivity contribution is 5.31. The van der Waals surface area contributed by atoms with Crippen molar-refractivity contribution < 1.29 is 4.74 Å². The molecule has 0 aliphatic carbocycles. The van der Waals surface area contributed by atoms with Gasteiger partial charge in [-0.1, -0.05) is 25.1 Å². The minimum Gasteiger partial charge on any atom is -0.490 e. The molecule has 18 heavy (non-hydrogen) atoms. The van der Waals surface area contributed by atoms with Crippen LogP contribution in [-0.2, 0) is 0 Å². The van der Waals surface area contributed by atoms with E-state index in [0.717, 1.165) is 17.9 Å². The van der Waals surface area contributed by atoms with Gasteiger partial charge in [0.2, 0.25) is 0 Å². The summed E-state index contributed by atoms with van der Waals surface area (Å²) in [6.45, 7) is 8.72. The summed E-state index contributed by atoms with van der Waals surface area (Å²) in [5.41, 5.74) is 0.586. The van der Waals surface area contributed by atoms with Crippen molar-refractivity contribution in [1.82, 2.24) is 5.32 Å². The summed E-state index contributed by atoms with van der Waals surface area (Å²) in [5, 5.41) is 12.4. The highest BCUT2D eigenvalue weighted by atomic mass is 16.5. The smallest absolute Gasteiger partial charge is 0.122 e. The Hall–Kier alpha value is -1.53. The summed E-state index contributed by atoms with van der Waals surface area (Å²) in [4.78, 5) is 0. The number of nitriles is 1. The maximum Gasteiger partial charge on any atom is 0.122 e. The maximum absolute atomic E-state index is 9.22. The van der Waals surface area contributed by atoms with E-state index in [1.54, 1.807) is 0 Å². The second kappa shape index (κ2) is 6.42. The molecule has 0 amide bonds. The molecule has 1 rings (SSSR count). The van der Waals surface area contributed by atoms with E-state index in [1.807, 2.05) is 52.0 Å². The molecule has 0 saturated carbocycles. The Balaban J connectivity index is 2.64. The van der Waals surface area contributed by atoms with E-state index >= 15 is 0 Å². The zero-order valence-electron chi connectivity index (χ0n) is 11.7. The number of hydrogen-bond donors (Lipinski definition) is 1. The largest absolute Gasteiger partial charge is 0.490 e. The molecule has 2 atom stereocenters. The van der Waals surface area contributed by atoms with Gasteiger partial charge in [-0.25, -0.2) is 0 Å². The first-order valence-corrected chi connectivity index (χ1v) is 6.39. The molecule has 0 radical (unpaired) electrons. The Kier molecular flexibility index (Phi) is 5.18. The van der Waals surface area contributed by atoms with Crippen LogP contribution in [-0.4, -0.2) is 18.2 Å². The molecule has 0 heterocycles. The maximum atomic E-state index is 9.22. The Labute approximate surface area is 110 Å². The van der Waals surface area contributed by atoms with Gasteiger partial charge in [0, 0.05) is 6.42 Å². The fourth-order valence-electron chi connectivity index (χ4n) is 2.07. The van der Waals surface area contributed by atoms with Crippen molar-refractivity contribution in [2.24, 2.45) is 0 Å². The standard InChI is InChI=1S/C15H22N2O/c1-5-17-15(4,11-16)10-13(3)18-14-9-7-6-8-12(14)2/h6-9,13,17H,5,10H2,1-4H3. The molecule has 1 aromatic carbocycles. The highest BCUT2D eigenvalue weighted by Crippen LogP contribution is 2.21. The Morgan fingerprint density at radius 1 is 1.44 bits per heavy atom. The van der Waals surface area contributed by atoms with Gasteiger partial charge >= 0.3 is 0 Å². The number of nitrogens with one attached hydrogen (secondary N) is 1. The SMILES string of the molecule is CCNC(C)(C#N)CC(C)Oc1ccccc1C. The first kappa shape index (κ1) is 14.5. The van der Waals surface area contributed by atoms with Crippen molar-refractivity contribution in [3.8, 4) is 11.8 Å². The summed E-state index contributed by atoms with van der Waals surface area (Å²) < 4.78 is 5.90. The fraction of sp³-hybridized carbons (Fsp3) is 0.533. The number of rotatable bonds is 6. The Morgan fingerprint density at radius 3 is 2.67 bits per heavy atom. The monoisotopic (exact) mass is 246 g/mol. The zero-order valence-corrected chi connectivity index (χ0v) is 11.7. The van der Waals surface area contributed by atoms with Crippen LogP contribution in [0.15, 0.2) is 24.3 Å². The molecule has 3 nitrogen and oxygen atoms in total. The number of aryl methyl sites for hydroxylation is 1. The van der Waals surface area contributed by atoms with Gasteiger partial charge in [0.1, 0.15) is 11.3 Å². The second-order valence-corrected chi connectivity index (χ2v) is 4.87. The van der Waals surface area contributed by atoms with E-state index < -0.39 is 5.54 Å². The summed E-state index contributed by atoms with van der Waals surface area (Å²) >= 11 is 0. The van der Waals surface area contributed by atoms with Gasteiger partial charge in [-0.15, -0.1) is 0 Å². The molecule has 1 N–H and O–H groups in total. The molecule has 1 aromatic rings. The summed E-state index contributed by atoms with van der Waals surface area (Å²) in [6, 6.07) is 10.3. The number of benzene rings is 1. The fourth-order valence-corrected chi connectivity index (χ4v) is 2.07. The Morgan fingerprint density at radius 2 is 2.11 bits per heavy atom. The van der Waals surface area contributed by atoms with E-state index in [-0.39, 0.29) is 6.10 Å². The third-order valence-electron chi connectivity index (χ3n) is 2.93. The first-order chi connectivity index (χ1) is 8.50. The Bertz CT molecular complexity index is 425. The van der Waals surface area contributed by atoms with E-state index in [2.05, 4.69) is 11.4 Å². The van der Waals surface area contributed by atoms with Gasteiger partial charge in [0.25, 0.3) is 0 Å². The van der Waals surface area contributed by atoms with Crippen LogP contribution in [0.2, 0.25) is 0 Å². The van der Waals surface area contributed by atoms with Crippen molar-refractivity contribution in [1.29, 1.82) is 5.26 Å². The van der Waals surface area contributed by atoms with Crippen molar-refractivity contribution in [3.05, 3.63) is 29.8 Å². The van der Waals surface area contributed by atoms with Crippen molar-refractivity contribution in [2.75, 3.05) is 6.54 Å². The van der Waals surface area contributed by atoms with Crippen molar-refractivity contribution in [2.45, 2.75) is 45.8 Å². The number of hydrogen-bond acceptors (Lipinski definition) is 3. The highest BCUT2D eigenvalue weighted by Gasteiger charge is 2.26. The van der Waals surface area contributed by atoms with Gasteiger partial charge in [-0.3, -0.25) is 5.32 Å². The van der Waals surface area contributed by atoms with Crippen LogP contribution >= 0.6 is 0 Å². The van der Waals surface area contributed by atoms with Crippen LogP contribution in [0, 0.1) is 18.3 Å². The topological polar surface area (TPSA) is 45.0 Å². The summed E-state index contributed by atoms with van der Waals surface area (Å²) in [6.07, 6.45) is 0.654. The second-order valence-electron chi connectivity index (χ2n) is 4.87. The molecule has 0 aromatic heterocycles. The third kappa shape index (κ3) is 4.05. The minimum atomic E-state index is -0.531. The average Bonchev–Trinajstić information content (AvgIpc) is 2.32. The summed E-state index contributed by atoms with van der Waals surface area (Å²) in [7, 11) is 0. The predicted octanol–water partition coefficient (Wildman–Crippen LogP) is 3.04. The van der Waals surface area contributed by atoms with Crippen LogP contribution < -0.4 is 10.1 Å². The number of nitrogens with zero attached hydrogens (tertiary/aromatic N) is 1. The quantitative estimate of drug-likeness (QED) is 0.839. The van der Waals surface area contributed by atoms with Crippen LogP contribution in [0.4, 0.5) is 0 Å². The molecule has 0 fully saturated rings. The molecule has 2 unspecified atom stereocenters. The first-order valence-electron chi connectivity index (χ1n) is 6.39. The molecule has 0 aliphatic rings. The lowest BCUT2D eigenvalue weighted by molar-refractivity contribution is 0.179. The van der Waals surface area contributed by atoms with E-state index in [4.69, 9.17) is 4.74 Å². The van der Waals surface area contributed by atoms with Crippen molar-refractivity contribution in [3.63, 3.8) is 0 Å². The zero-order chi connectivity index (χ0) is 13.6. The van der Waals surface area contributed by atoms with Gasteiger partial charge in [-0.05, 0) is 38.9 Å². The lowest BCUT2D eigenvalue weighted by Gasteiger charge is -2.26. The minimum absolute atomic E-state index is 0.00481. The van der Waals surface area contributed by atoms with Gasteiger partial charge in [0.05, 0.1) is 12.2 Å². The van der Waals surface area contributed by atoms with Crippen LogP contribution in [0.3, 0.4) is 0 Å². The van der Waals surface area contributed by atoms with Gasteiger partial charge in [0.15, 0.2) is 0 Å². The molecular formula is C15H22N2O. The van der Waals surface area contributed by atoms with E-state index in [9.17, 15) is 5.26 Å². The molecule has 0 spiro atoms. The number of para-hydroxylation sites is 1. The molecule has 0 aliphatic heterocycles. The summed E-state index contributed by atoms with van der Waals surface area (Å²) in [5.74, 6) is 0.891. The van der Waals surface area contributed by atoms with Gasteiger partial charge in [-0.2, -0.15) is 5.26 Å². The molecule has 3 heteroatoms. The normalized spacial score (nSPS) is 15.5. The molecule has 98 valence electrons. The van der Waals surface area contributed by atoms with Crippen LogP contribution in [0.1, 0.15) is 32.8 Å². The van der Waals surface area contributed by atoms with Gasteiger partial charge < -0.3 is 4.74 Å². The molecule has 0 saturated heterocycles. The lowest BCUT2D eigenvalue weighted by Crippen LogP contribution is -2.44. The number of ether oxygens (including phenoxy) is 1. The molecular weight excluding hydrogens is 224 g/mol. The van der Waals surface area contributed by atoms with E-state index in [1.165, 1.54) is 0 Å². The lowest BCUT2D eigenvalue weighted by atomic mass is 9.96. The van der Waals surface area contributed by atoms with Crippen molar-refractivity contribution >= 4 is 0 Å². The third-order valence-corrected chi connectivity index (χ3v) is 2.93. The predicted molar refractivity (Wildman–Crippen MR) is 73.6 cm³/mol. The molecule has 0 bridgehead atoms. The van der Waals surface area contributed by atoms with Crippen LogP contribution in [0.25, 0.3) is 0 Å². The van der Waals surface area contributed by atoms with E-state index in [0.29, 0.717) is 6.42 Å². The van der Waals surface area contributed by atoms with Crippen LogP contribution in [0.5, 0.6) is 5.75 Å².